The van der Waals surface area contributed by atoms with E-state index >= 15 is 0 Å². The second-order valence-corrected chi connectivity index (χ2v) is 3.60. The number of thiazole rings is 1. The van der Waals surface area contributed by atoms with E-state index in [0.717, 1.165) is 11.4 Å². The average molecular weight is 212 g/mol. The Bertz CT molecular complexity index is 393. The number of halogens is 1. The molecule has 0 spiro atoms. The first kappa shape index (κ1) is 8.59. The summed E-state index contributed by atoms with van der Waals surface area (Å²) in [5, 5.41) is 2.38. The lowest BCUT2D eigenvalue weighted by Gasteiger charge is -1.97. The Morgan fingerprint density at radius 1 is 1.31 bits per heavy atom. The van der Waals surface area contributed by atoms with Crippen LogP contribution in [0.1, 0.15) is 5.82 Å². The summed E-state index contributed by atoms with van der Waals surface area (Å²) in [5.41, 5.74) is 3.39. The van der Waals surface area contributed by atoms with Crippen molar-refractivity contribution in [2.75, 3.05) is 0 Å². The van der Waals surface area contributed by atoms with Crippen LogP contribution in [0.4, 0.5) is 0 Å². The molecule has 2 aromatic rings. The van der Waals surface area contributed by atoms with Gasteiger partial charge in [-0.05, 0) is 6.92 Å². The first-order valence-electron chi connectivity index (χ1n) is 3.65. The normalized spacial score (nSPS) is 10.3. The number of aromatic nitrogens is 3. The number of rotatable bonds is 1. The van der Waals surface area contributed by atoms with E-state index < -0.39 is 0 Å². The number of hydrogen-bond acceptors (Lipinski definition) is 4. The maximum atomic E-state index is 5.79. The predicted octanol–water partition coefficient (Wildman–Crippen LogP) is 2.56. The monoisotopic (exact) mass is 211 g/mol. The van der Waals surface area contributed by atoms with Crippen LogP contribution >= 0.6 is 22.9 Å². The van der Waals surface area contributed by atoms with E-state index in [4.69, 9.17) is 11.6 Å². The molecular formula is C8H6ClN3S. The van der Waals surface area contributed by atoms with Crippen molar-refractivity contribution in [3.8, 4) is 11.4 Å². The molecule has 2 heterocycles. The summed E-state index contributed by atoms with van der Waals surface area (Å²) < 4.78 is 0. The van der Waals surface area contributed by atoms with Gasteiger partial charge in [-0.2, -0.15) is 0 Å². The Morgan fingerprint density at radius 3 is 2.77 bits per heavy atom. The topological polar surface area (TPSA) is 38.7 Å². The van der Waals surface area contributed by atoms with Gasteiger partial charge in [0.15, 0.2) is 0 Å². The van der Waals surface area contributed by atoms with Crippen molar-refractivity contribution in [3.05, 3.63) is 27.9 Å². The Kier molecular flexibility index (Phi) is 2.24. The zero-order chi connectivity index (χ0) is 9.26. The Hall–Kier alpha value is -1.00. The molecule has 0 amide bonds. The van der Waals surface area contributed by atoms with Gasteiger partial charge in [-0.3, -0.25) is 0 Å². The maximum Gasteiger partial charge on any atom is 0.133 e. The summed E-state index contributed by atoms with van der Waals surface area (Å²) in [7, 11) is 0. The SMILES string of the molecule is Cc1nc(Cl)cc(-c2cscn2)n1. The standard InChI is InChI=1S/C8H6ClN3S/c1-5-11-6(2-8(9)12-5)7-3-13-4-10-7/h2-4H,1H3. The first-order valence-corrected chi connectivity index (χ1v) is 4.97. The van der Waals surface area contributed by atoms with E-state index in [-0.39, 0.29) is 0 Å². The zero-order valence-corrected chi connectivity index (χ0v) is 8.43. The van der Waals surface area contributed by atoms with Crippen LogP contribution in [-0.2, 0) is 0 Å². The zero-order valence-electron chi connectivity index (χ0n) is 6.86. The fourth-order valence-electron chi connectivity index (χ4n) is 1.00. The number of aryl methyl sites for hydroxylation is 1. The quantitative estimate of drug-likeness (QED) is 0.681. The summed E-state index contributed by atoms with van der Waals surface area (Å²) in [4.78, 5) is 12.3. The Labute approximate surface area is 84.5 Å². The van der Waals surface area contributed by atoms with Crippen LogP contribution in [0.3, 0.4) is 0 Å². The van der Waals surface area contributed by atoms with Gasteiger partial charge in [0.05, 0.1) is 16.9 Å². The second-order valence-electron chi connectivity index (χ2n) is 2.50. The average Bonchev–Trinajstić information content (AvgIpc) is 2.53. The summed E-state index contributed by atoms with van der Waals surface area (Å²) in [6, 6.07) is 1.71. The molecule has 0 fully saturated rings. The van der Waals surface area contributed by atoms with E-state index in [1.54, 1.807) is 11.6 Å². The Balaban J connectivity index is 2.53. The van der Waals surface area contributed by atoms with Crippen LogP contribution in [0.2, 0.25) is 5.15 Å². The number of hydrogen-bond donors (Lipinski definition) is 0. The van der Waals surface area contributed by atoms with Crippen molar-refractivity contribution in [1.29, 1.82) is 0 Å². The van der Waals surface area contributed by atoms with Gasteiger partial charge >= 0.3 is 0 Å². The molecule has 13 heavy (non-hydrogen) atoms. The smallest absolute Gasteiger partial charge is 0.133 e. The van der Waals surface area contributed by atoms with Crippen LogP contribution < -0.4 is 0 Å². The fourth-order valence-corrected chi connectivity index (χ4v) is 1.77. The highest BCUT2D eigenvalue weighted by molar-refractivity contribution is 7.07. The van der Waals surface area contributed by atoms with Gasteiger partial charge in [0, 0.05) is 11.4 Å². The minimum Gasteiger partial charge on any atom is -0.243 e. The van der Waals surface area contributed by atoms with Gasteiger partial charge in [0.25, 0.3) is 0 Å². The highest BCUT2D eigenvalue weighted by atomic mass is 35.5. The number of nitrogens with zero attached hydrogens (tertiary/aromatic N) is 3. The van der Waals surface area contributed by atoms with Gasteiger partial charge in [0.1, 0.15) is 11.0 Å². The second kappa shape index (κ2) is 3.40. The third kappa shape index (κ3) is 1.84. The summed E-state index contributed by atoms with van der Waals surface area (Å²) in [5.74, 6) is 0.663. The van der Waals surface area contributed by atoms with Crippen LogP contribution in [-0.4, -0.2) is 15.0 Å². The minimum absolute atomic E-state index is 0.454. The van der Waals surface area contributed by atoms with Crippen LogP contribution in [0.25, 0.3) is 11.4 Å². The van der Waals surface area contributed by atoms with E-state index in [0.29, 0.717) is 11.0 Å². The maximum absolute atomic E-state index is 5.79. The van der Waals surface area contributed by atoms with Crippen LogP contribution in [0.5, 0.6) is 0 Å². The molecule has 0 bridgehead atoms. The molecule has 3 nitrogen and oxygen atoms in total. The molecule has 0 radical (unpaired) electrons. The molecule has 0 N–H and O–H groups in total. The molecule has 66 valence electrons. The molecule has 0 atom stereocenters. The van der Waals surface area contributed by atoms with E-state index in [1.807, 2.05) is 12.3 Å². The summed E-state index contributed by atoms with van der Waals surface area (Å²) in [6.07, 6.45) is 0. The molecule has 2 rings (SSSR count). The van der Waals surface area contributed by atoms with Gasteiger partial charge < -0.3 is 0 Å². The molecule has 0 aliphatic rings. The fraction of sp³-hybridized carbons (Fsp3) is 0.125. The van der Waals surface area contributed by atoms with Gasteiger partial charge in [-0.1, -0.05) is 11.6 Å². The predicted molar refractivity (Wildman–Crippen MR) is 52.9 cm³/mol. The van der Waals surface area contributed by atoms with Gasteiger partial charge in [0.2, 0.25) is 0 Å². The highest BCUT2D eigenvalue weighted by Crippen LogP contribution is 2.19. The molecule has 2 aromatic heterocycles. The molecule has 0 saturated heterocycles. The molecule has 0 aromatic carbocycles. The van der Waals surface area contributed by atoms with Crippen molar-refractivity contribution >= 4 is 22.9 Å². The minimum atomic E-state index is 0.454. The molecule has 5 heteroatoms. The van der Waals surface area contributed by atoms with Crippen molar-refractivity contribution < 1.29 is 0 Å². The van der Waals surface area contributed by atoms with E-state index in [9.17, 15) is 0 Å². The molecule has 0 unspecified atom stereocenters. The highest BCUT2D eigenvalue weighted by Gasteiger charge is 2.03. The first-order chi connectivity index (χ1) is 6.25. The Morgan fingerprint density at radius 2 is 2.15 bits per heavy atom. The van der Waals surface area contributed by atoms with E-state index in [2.05, 4.69) is 15.0 Å². The van der Waals surface area contributed by atoms with Crippen LogP contribution in [0, 0.1) is 6.92 Å². The van der Waals surface area contributed by atoms with Gasteiger partial charge in [-0.25, -0.2) is 15.0 Å². The summed E-state index contributed by atoms with van der Waals surface area (Å²) >= 11 is 7.32. The largest absolute Gasteiger partial charge is 0.243 e. The van der Waals surface area contributed by atoms with Crippen molar-refractivity contribution in [2.45, 2.75) is 6.92 Å². The van der Waals surface area contributed by atoms with E-state index in [1.165, 1.54) is 11.3 Å². The molecule has 0 saturated carbocycles. The molecule has 0 aliphatic carbocycles. The third-order valence-corrected chi connectivity index (χ3v) is 2.28. The lowest BCUT2D eigenvalue weighted by atomic mass is 10.3. The third-order valence-electron chi connectivity index (χ3n) is 1.50. The lowest BCUT2D eigenvalue weighted by Crippen LogP contribution is -1.91. The van der Waals surface area contributed by atoms with Crippen LogP contribution in [0.15, 0.2) is 17.0 Å². The lowest BCUT2D eigenvalue weighted by molar-refractivity contribution is 1.05. The van der Waals surface area contributed by atoms with Crippen molar-refractivity contribution in [3.63, 3.8) is 0 Å². The molecular weight excluding hydrogens is 206 g/mol. The van der Waals surface area contributed by atoms with Crippen molar-refractivity contribution in [2.24, 2.45) is 0 Å². The molecule has 0 aliphatic heterocycles. The van der Waals surface area contributed by atoms with Gasteiger partial charge in [-0.15, -0.1) is 11.3 Å². The van der Waals surface area contributed by atoms with Crippen molar-refractivity contribution in [1.82, 2.24) is 15.0 Å². The summed E-state index contributed by atoms with van der Waals surface area (Å²) in [6.45, 7) is 1.81.